The van der Waals surface area contributed by atoms with Crippen LogP contribution in [-0.2, 0) is 6.54 Å². The molecule has 1 saturated carbocycles. The molecule has 1 atom stereocenters. The maximum Gasteiger partial charge on any atom is 0.290 e. The Kier molecular flexibility index (Phi) is 5.82. The zero-order valence-electron chi connectivity index (χ0n) is 15.8. The van der Waals surface area contributed by atoms with Crippen molar-refractivity contribution >= 4 is 5.91 Å². The van der Waals surface area contributed by atoms with Crippen molar-refractivity contribution in [3.8, 4) is 0 Å². The van der Waals surface area contributed by atoms with Crippen LogP contribution in [-0.4, -0.2) is 40.1 Å². The normalized spacial score (nSPS) is 21.9. The molecule has 0 radical (unpaired) electrons. The van der Waals surface area contributed by atoms with Gasteiger partial charge in [0.2, 0.25) is 5.76 Å². The molecule has 27 heavy (non-hydrogen) atoms. The minimum atomic E-state index is -0.122. The van der Waals surface area contributed by atoms with Gasteiger partial charge in [0, 0.05) is 43.5 Å². The highest BCUT2D eigenvalue weighted by Crippen LogP contribution is 2.27. The number of rotatable bonds is 5. The van der Waals surface area contributed by atoms with Crippen LogP contribution < -0.4 is 5.32 Å². The van der Waals surface area contributed by atoms with Crippen LogP contribution >= 0.6 is 0 Å². The molecule has 2 aromatic heterocycles. The van der Waals surface area contributed by atoms with Crippen molar-refractivity contribution in [2.24, 2.45) is 0 Å². The van der Waals surface area contributed by atoms with Crippen molar-refractivity contribution in [3.63, 3.8) is 0 Å². The molecule has 1 N–H and O–H groups in total. The van der Waals surface area contributed by atoms with E-state index in [1.54, 1.807) is 6.20 Å². The lowest BCUT2D eigenvalue weighted by Crippen LogP contribution is -2.36. The van der Waals surface area contributed by atoms with E-state index in [9.17, 15) is 4.79 Å². The highest BCUT2D eigenvalue weighted by Gasteiger charge is 2.26. The van der Waals surface area contributed by atoms with Crippen LogP contribution in [0.4, 0.5) is 0 Å². The minimum absolute atomic E-state index is 0.122. The van der Waals surface area contributed by atoms with Crippen LogP contribution in [0.25, 0.3) is 0 Å². The lowest BCUT2D eigenvalue weighted by atomic mass is 9.94. The van der Waals surface area contributed by atoms with Gasteiger partial charge in [-0.1, -0.05) is 30.5 Å². The van der Waals surface area contributed by atoms with Gasteiger partial charge in [0.1, 0.15) is 0 Å². The van der Waals surface area contributed by atoms with E-state index in [4.69, 9.17) is 4.52 Å². The maximum atomic E-state index is 12.5. The average molecular weight is 368 g/mol. The molecule has 1 amide bonds. The number of nitrogens with one attached hydrogen (secondary N) is 1. The summed E-state index contributed by atoms with van der Waals surface area (Å²) in [5.74, 6) is 0.541. The third-order valence-corrected chi connectivity index (χ3v) is 5.75. The van der Waals surface area contributed by atoms with Crippen LogP contribution in [0.3, 0.4) is 0 Å². The third-order valence-electron chi connectivity index (χ3n) is 5.75. The van der Waals surface area contributed by atoms with Gasteiger partial charge in [-0.05, 0) is 43.9 Å². The Morgan fingerprint density at radius 2 is 2.11 bits per heavy atom. The molecular weight excluding hydrogens is 340 g/mol. The van der Waals surface area contributed by atoms with Gasteiger partial charge in [-0.15, -0.1) is 0 Å². The van der Waals surface area contributed by atoms with Crippen LogP contribution in [0.15, 0.2) is 35.1 Å². The molecule has 3 heterocycles. The molecule has 144 valence electrons. The molecule has 0 unspecified atom stereocenters. The van der Waals surface area contributed by atoms with Crippen LogP contribution in [0.5, 0.6) is 0 Å². The van der Waals surface area contributed by atoms with Gasteiger partial charge < -0.3 is 9.84 Å². The molecule has 6 nitrogen and oxygen atoms in total. The summed E-state index contributed by atoms with van der Waals surface area (Å²) in [6.45, 7) is 2.92. The standard InChI is InChI=1S/C21H28N4O2/c26-21(23-18-8-2-1-3-9-18)20-12-19(24-27-20)17-7-5-11-25(15-17)14-16-6-4-10-22-13-16/h4,6,10,12-13,17-18H,1-3,5,7-9,11,14-15H2,(H,23,26)/t17-/m0/s1. The number of piperidine rings is 1. The summed E-state index contributed by atoms with van der Waals surface area (Å²) < 4.78 is 5.38. The van der Waals surface area contributed by atoms with Crippen molar-refractivity contribution in [3.05, 3.63) is 47.6 Å². The number of likely N-dealkylation sites (tertiary alicyclic amines) is 1. The Balaban J connectivity index is 1.35. The van der Waals surface area contributed by atoms with Gasteiger partial charge in [0.15, 0.2) is 0 Å². The number of amides is 1. The topological polar surface area (TPSA) is 71.3 Å². The first-order chi connectivity index (χ1) is 13.3. The van der Waals surface area contributed by atoms with Gasteiger partial charge >= 0.3 is 0 Å². The van der Waals surface area contributed by atoms with E-state index in [1.807, 2.05) is 18.3 Å². The van der Waals surface area contributed by atoms with Crippen molar-refractivity contribution in [2.45, 2.75) is 63.5 Å². The summed E-state index contributed by atoms with van der Waals surface area (Å²) in [4.78, 5) is 19.1. The fourth-order valence-electron chi connectivity index (χ4n) is 4.28. The largest absolute Gasteiger partial charge is 0.351 e. The van der Waals surface area contributed by atoms with E-state index in [2.05, 4.69) is 26.4 Å². The smallest absolute Gasteiger partial charge is 0.290 e. The quantitative estimate of drug-likeness (QED) is 0.874. The van der Waals surface area contributed by atoms with Gasteiger partial charge in [0.05, 0.1) is 5.69 Å². The predicted molar refractivity (Wildman–Crippen MR) is 102 cm³/mol. The van der Waals surface area contributed by atoms with Crippen LogP contribution in [0.1, 0.15) is 72.7 Å². The molecule has 0 bridgehead atoms. The Morgan fingerprint density at radius 3 is 2.93 bits per heavy atom. The second-order valence-corrected chi connectivity index (χ2v) is 7.86. The fourth-order valence-corrected chi connectivity index (χ4v) is 4.28. The van der Waals surface area contributed by atoms with Crippen molar-refractivity contribution in [2.75, 3.05) is 13.1 Å². The molecule has 2 aliphatic rings. The molecule has 2 fully saturated rings. The summed E-state index contributed by atoms with van der Waals surface area (Å²) in [5, 5.41) is 7.32. The Labute approximate surface area is 160 Å². The second kappa shape index (κ2) is 8.65. The maximum absolute atomic E-state index is 12.5. The molecule has 0 aromatic carbocycles. The second-order valence-electron chi connectivity index (χ2n) is 7.86. The first kappa shape index (κ1) is 18.2. The van der Waals surface area contributed by atoms with Crippen molar-refractivity contribution in [1.82, 2.24) is 20.4 Å². The average Bonchev–Trinajstić information content (AvgIpc) is 3.20. The lowest BCUT2D eigenvalue weighted by Gasteiger charge is -2.31. The number of nitrogens with zero attached hydrogens (tertiary/aromatic N) is 3. The van der Waals surface area contributed by atoms with Gasteiger partial charge in [-0.3, -0.25) is 14.7 Å². The van der Waals surface area contributed by atoms with E-state index in [0.29, 0.717) is 11.7 Å². The number of hydrogen-bond donors (Lipinski definition) is 1. The number of aromatic nitrogens is 2. The molecule has 1 aliphatic heterocycles. The van der Waals surface area contributed by atoms with E-state index in [0.717, 1.165) is 51.0 Å². The SMILES string of the molecule is O=C(NC1CCCCC1)c1cc([C@H]2CCCN(Cc3cccnc3)C2)no1. The van der Waals surface area contributed by atoms with Crippen LogP contribution in [0.2, 0.25) is 0 Å². The van der Waals surface area contributed by atoms with E-state index in [-0.39, 0.29) is 11.9 Å². The Bertz CT molecular complexity index is 740. The summed E-state index contributed by atoms with van der Waals surface area (Å²) in [6.07, 6.45) is 11.7. The molecule has 0 spiro atoms. The zero-order chi connectivity index (χ0) is 18.5. The lowest BCUT2D eigenvalue weighted by molar-refractivity contribution is 0.0890. The van der Waals surface area contributed by atoms with Crippen molar-refractivity contribution < 1.29 is 9.32 Å². The molecule has 1 aliphatic carbocycles. The molecule has 2 aromatic rings. The number of hydrogen-bond acceptors (Lipinski definition) is 5. The molecule has 4 rings (SSSR count). The van der Waals surface area contributed by atoms with Gasteiger partial charge in [-0.25, -0.2) is 0 Å². The number of pyridine rings is 1. The van der Waals surface area contributed by atoms with E-state index >= 15 is 0 Å². The Hall–Kier alpha value is -2.21. The molecule has 1 saturated heterocycles. The summed E-state index contributed by atoms with van der Waals surface area (Å²) >= 11 is 0. The van der Waals surface area contributed by atoms with Gasteiger partial charge in [-0.2, -0.15) is 0 Å². The van der Waals surface area contributed by atoms with E-state index < -0.39 is 0 Å². The van der Waals surface area contributed by atoms with Crippen molar-refractivity contribution in [1.29, 1.82) is 0 Å². The molecular formula is C21H28N4O2. The summed E-state index contributed by atoms with van der Waals surface area (Å²) in [5.41, 5.74) is 2.13. The first-order valence-corrected chi connectivity index (χ1v) is 10.2. The van der Waals surface area contributed by atoms with E-state index in [1.165, 1.54) is 24.8 Å². The monoisotopic (exact) mass is 368 g/mol. The Morgan fingerprint density at radius 1 is 1.22 bits per heavy atom. The minimum Gasteiger partial charge on any atom is -0.351 e. The summed E-state index contributed by atoms with van der Waals surface area (Å²) in [6, 6.07) is 6.21. The summed E-state index contributed by atoms with van der Waals surface area (Å²) in [7, 11) is 0. The fraction of sp³-hybridized carbons (Fsp3) is 0.571. The van der Waals surface area contributed by atoms with Gasteiger partial charge in [0.25, 0.3) is 5.91 Å². The van der Waals surface area contributed by atoms with Crippen LogP contribution in [0, 0.1) is 0 Å². The molecule has 6 heteroatoms. The highest BCUT2D eigenvalue weighted by atomic mass is 16.5. The number of carbonyl (C=O) groups excluding carboxylic acids is 1. The first-order valence-electron chi connectivity index (χ1n) is 10.2. The zero-order valence-corrected chi connectivity index (χ0v) is 15.8. The predicted octanol–water partition coefficient (Wildman–Crippen LogP) is 3.51. The number of carbonyl (C=O) groups is 1. The third kappa shape index (κ3) is 4.75. The highest BCUT2D eigenvalue weighted by molar-refractivity contribution is 5.91.